The van der Waals surface area contributed by atoms with E-state index in [9.17, 15) is 14.7 Å². The molecule has 0 heterocycles. The van der Waals surface area contributed by atoms with E-state index in [0.29, 0.717) is 12.8 Å². The molecule has 0 aromatic heterocycles. The minimum absolute atomic E-state index is 0.0896. The summed E-state index contributed by atoms with van der Waals surface area (Å²) in [4.78, 5) is 24.2. The number of esters is 2. The van der Waals surface area contributed by atoms with E-state index in [2.05, 4.69) is 135 Å². The highest BCUT2D eigenvalue weighted by Gasteiger charge is 2.16. The highest BCUT2D eigenvalue weighted by Crippen LogP contribution is 2.12. The molecule has 0 saturated carbocycles. The zero-order valence-corrected chi connectivity index (χ0v) is 36.3. The van der Waals surface area contributed by atoms with Gasteiger partial charge in [-0.05, 0) is 89.9 Å². The molecular formula is C52H82O5. The van der Waals surface area contributed by atoms with Crippen molar-refractivity contribution in [3.8, 4) is 0 Å². The van der Waals surface area contributed by atoms with Crippen molar-refractivity contribution in [2.75, 3.05) is 13.2 Å². The van der Waals surface area contributed by atoms with Crippen molar-refractivity contribution >= 4 is 11.9 Å². The Bertz CT molecular complexity index is 1210. The molecule has 0 aromatic rings. The summed E-state index contributed by atoms with van der Waals surface area (Å²) < 4.78 is 10.6. The van der Waals surface area contributed by atoms with E-state index in [-0.39, 0.29) is 25.2 Å². The summed E-state index contributed by atoms with van der Waals surface area (Å²) in [6.45, 7) is 3.95. The summed E-state index contributed by atoms with van der Waals surface area (Å²) in [5.74, 6) is -0.654. The minimum Gasteiger partial charge on any atom is -0.462 e. The third kappa shape index (κ3) is 44.9. The van der Waals surface area contributed by atoms with Gasteiger partial charge in [-0.2, -0.15) is 0 Å². The monoisotopic (exact) mass is 787 g/mol. The van der Waals surface area contributed by atoms with E-state index < -0.39 is 6.10 Å². The third-order valence-corrected chi connectivity index (χ3v) is 9.02. The quantitative estimate of drug-likeness (QED) is 0.0382. The second kappa shape index (κ2) is 46.7. The normalized spacial score (nSPS) is 13.4. The van der Waals surface area contributed by atoms with Gasteiger partial charge in [0.25, 0.3) is 0 Å². The third-order valence-electron chi connectivity index (χ3n) is 9.02. The topological polar surface area (TPSA) is 72.8 Å². The van der Waals surface area contributed by atoms with Crippen LogP contribution in [0.3, 0.4) is 0 Å². The number of hydrogen-bond donors (Lipinski definition) is 1. The van der Waals surface area contributed by atoms with Crippen LogP contribution >= 0.6 is 0 Å². The number of allylic oxidation sites excluding steroid dienone is 20. The summed E-state index contributed by atoms with van der Waals surface area (Å²) in [7, 11) is 0. The first-order valence-corrected chi connectivity index (χ1v) is 22.6. The molecule has 0 radical (unpaired) electrons. The maximum absolute atomic E-state index is 12.2. The summed E-state index contributed by atoms with van der Waals surface area (Å²) >= 11 is 0. The van der Waals surface area contributed by atoms with Crippen molar-refractivity contribution in [2.24, 2.45) is 0 Å². The maximum atomic E-state index is 12.2. The van der Waals surface area contributed by atoms with E-state index in [0.717, 1.165) is 103 Å². The van der Waals surface area contributed by atoms with Crippen LogP contribution in [0.25, 0.3) is 0 Å². The van der Waals surface area contributed by atoms with E-state index in [1.807, 2.05) is 0 Å². The zero-order chi connectivity index (χ0) is 41.4. The number of carbonyl (C=O) groups excluding carboxylic acids is 2. The van der Waals surface area contributed by atoms with Gasteiger partial charge in [0, 0.05) is 12.8 Å². The van der Waals surface area contributed by atoms with Gasteiger partial charge < -0.3 is 14.6 Å². The van der Waals surface area contributed by atoms with Gasteiger partial charge in [0.1, 0.15) is 6.61 Å². The van der Waals surface area contributed by atoms with Crippen molar-refractivity contribution in [1.82, 2.24) is 0 Å². The van der Waals surface area contributed by atoms with Crippen molar-refractivity contribution in [3.05, 3.63) is 122 Å². The van der Waals surface area contributed by atoms with E-state index >= 15 is 0 Å². The molecule has 1 unspecified atom stereocenters. The van der Waals surface area contributed by atoms with Crippen molar-refractivity contribution in [3.63, 3.8) is 0 Å². The average Bonchev–Trinajstić information content (AvgIpc) is 3.21. The van der Waals surface area contributed by atoms with Gasteiger partial charge in [-0.25, -0.2) is 0 Å². The lowest BCUT2D eigenvalue weighted by Gasteiger charge is -2.15. The smallest absolute Gasteiger partial charge is 0.306 e. The molecule has 1 N–H and O–H groups in total. The first-order valence-electron chi connectivity index (χ1n) is 22.6. The predicted molar refractivity (Wildman–Crippen MR) is 246 cm³/mol. The number of unbranched alkanes of at least 4 members (excludes halogenated alkanes) is 11. The molecule has 1 atom stereocenters. The summed E-state index contributed by atoms with van der Waals surface area (Å²) in [6, 6.07) is 0. The standard InChI is InChI=1S/C52H82O5/c1-3-5-7-9-11-13-15-16-17-18-19-20-21-22-23-24-25-26-27-28-29-30-31-32-33-34-35-36-37-39-41-43-45-47-52(55)57-50(48-53)49-56-51(54)46-44-42-40-38-14-12-10-8-6-4-2/h5,7,11,13,16-17,19-20,22-23,25-26,28-29,31-32,34-35,37,39,50,53H,3-4,6,8-10,12,14-15,18,21,24,27,30,33,36,38,40-49H2,1-2H3/b7-5-,13-11-,17-16-,20-19-,23-22-,26-25-,29-28-,32-31-,35-34-,39-37-. The average molecular weight is 787 g/mol. The molecule has 320 valence electrons. The molecule has 0 bridgehead atoms. The van der Waals surface area contributed by atoms with Crippen LogP contribution in [-0.4, -0.2) is 36.4 Å². The van der Waals surface area contributed by atoms with E-state index in [4.69, 9.17) is 9.47 Å². The molecule has 0 rings (SSSR count). The van der Waals surface area contributed by atoms with Gasteiger partial charge in [-0.3, -0.25) is 9.59 Å². The Morgan fingerprint density at radius 1 is 0.421 bits per heavy atom. The fourth-order valence-electron chi connectivity index (χ4n) is 5.64. The Kier molecular flexibility index (Phi) is 43.7. The maximum Gasteiger partial charge on any atom is 0.306 e. The number of carbonyl (C=O) groups is 2. The van der Waals surface area contributed by atoms with Crippen LogP contribution in [-0.2, 0) is 19.1 Å². The van der Waals surface area contributed by atoms with Crippen LogP contribution in [0.15, 0.2) is 122 Å². The lowest BCUT2D eigenvalue weighted by molar-refractivity contribution is -0.161. The van der Waals surface area contributed by atoms with Gasteiger partial charge in [-0.15, -0.1) is 0 Å². The Morgan fingerprint density at radius 3 is 1.14 bits per heavy atom. The molecule has 0 aliphatic rings. The first kappa shape index (κ1) is 53.3. The van der Waals surface area contributed by atoms with Crippen LogP contribution in [0.5, 0.6) is 0 Å². The Labute approximate surface area is 350 Å². The van der Waals surface area contributed by atoms with Gasteiger partial charge in [0.2, 0.25) is 0 Å². The Hall–Kier alpha value is -3.70. The van der Waals surface area contributed by atoms with Crippen LogP contribution in [0.2, 0.25) is 0 Å². The molecule has 0 fully saturated rings. The molecule has 0 aromatic carbocycles. The molecule has 0 aliphatic carbocycles. The van der Waals surface area contributed by atoms with Crippen molar-refractivity contribution in [2.45, 2.75) is 180 Å². The Balaban J connectivity index is 3.72. The molecule has 0 aliphatic heterocycles. The van der Waals surface area contributed by atoms with Gasteiger partial charge in [0.15, 0.2) is 6.10 Å². The van der Waals surface area contributed by atoms with E-state index in [1.54, 1.807) is 0 Å². The molecular weight excluding hydrogens is 705 g/mol. The highest BCUT2D eigenvalue weighted by atomic mass is 16.6. The SMILES string of the molecule is CC/C=C\C/C=C\C/C=C\C/C=C\C/C=C\C/C=C\C/C=C\C/C=C\C/C=C\C/C=C\CCCCC(=O)OC(CO)COC(=O)CCCCCCCCCCCC. The van der Waals surface area contributed by atoms with Gasteiger partial charge in [0.05, 0.1) is 6.61 Å². The molecule has 0 spiro atoms. The fraction of sp³-hybridized carbons (Fsp3) is 0.577. The number of aliphatic hydroxyl groups is 1. The van der Waals surface area contributed by atoms with Gasteiger partial charge in [-0.1, -0.05) is 193 Å². The summed E-state index contributed by atoms with van der Waals surface area (Å²) in [6.07, 6.45) is 68.5. The molecule has 5 heteroatoms. The van der Waals surface area contributed by atoms with Gasteiger partial charge >= 0.3 is 11.9 Å². The fourth-order valence-corrected chi connectivity index (χ4v) is 5.64. The molecule has 5 nitrogen and oxygen atoms in total. The van der Waals surface area contributed by atoms with Crippen LogP contribution in [0, 0.1) is 0 Å². The molecule has 0 saturated heterocycles. The molecule has 57 heavy (non-hydrogen) atoms. The van der Waals surface area contributed by atoms with Crippen molar-refractivity contribution in [1.29, 1.82) is 0 Å². The van der Waals surface area contributed by atoms with Crippen LogP contribution in [0.1, 0.15) is 174 Å². The lowest BCUT2D eigenvalue weighted by atomic mass is 10.1. The zero-order valence-electron chi connectivity index (χ0n) is 36.3. The second-order valence-corrected chi connectivity index (χ2v) is 14.4. The number of rotatable bonds is 39. The summed E-state index contributed by atoms with van der Waals surface area (Å²) in [5, 5.41) is 9.55. The Morgan fingerprint density at radius 2 is 0.754 bits per heavy atom. The van der Waals surface area contributed by atoms with Crippen molar-refractivity contribution < 1.29 is 24.2 Å². The molecule has 0 amide bonds. The highest BCUT2D eigenvalue weighted by molar-refractivity contribution is 5.70. The van der Waals surface area contributed by atoms with Crippen LogP contribution in [0.4, 0.5) is 0 Å². The predicted octanol–water partition coefficient (Wildman–Crippen LogP) is 14.8. The number of ether oxygens (including phenoxy) is 2. The number of hydrogen-bond acceptors (Lipinski definition) is 5. The number of aliphatic hydroxyl groups excluding tert-OH is 1. The van der Waals surface area contributed by atoms with Crippen LogP contribution < -0.4 is 0 Å². The lowest BCUT2D eigenvalue weighted by Crippen LogP contribution is -2.28. The first-order chi connectivity index (χ1) is 28.1. The minimum atomic E-state index is -0.800. The second-order valence-electron chi connectivity index (χ2n) is 14.4. The summed E-state index contributed by atoms with van der Waals surface area (Å²) in [5.41, 5.74) is 0. The van der Waals surface area contributed by atoms with E-state index in [1.165, 1.54) is 44.9 Å². The largest absolute Gasteiger partial charge is 0.462 e.